The standard InChI is InChI=1S/C18H15ClF2N4O3S/c1-10-2-4-14(21)13(18(10)19)7-17(26)24-12-3-5-15(16(6-12)29(22,27)28)25-9-11(20)8-23-25/h2-6,8-9H,7H2,1H3,(H,24,26)(H2,22,27,28). The largest absolute Gasteiger partial charge is 0.326 e. The molecule has 0 bridgehead atoms. The van der Waals surface area contributed by atoms with Gasteiger partial charge in [0.15, 0.2) is 5.82 Å². The van der Waals surface area contributed by atoms with Crippen molar-refractivity contribution in [1.82, 2.24) is 9.78 Å². The Morgan fingerprint density at radius 2 is 2.00 bits per heavy atom. The second kappa shape index (κ2) is 7.90. The van der Waals surface area contributed by atoms with Gasteiger partial charge in [0, 0.05) is 11.3 Å². The molecule has 152 valence electrons. The van der Waals surface area contributed by atoms with Crippen LogP contribution in [0.5, 0.6) is 0 Å². The molecule has 29 heavy (non-hydrogen) atoms. The summed E-state index contributed by atoms with van der Waals surface area (Å²) in [6, 6.07) is 6.50. The van der Waals surface area contributed by atoms with Gasteiger partial charge < -0.3 is 5.32 Å². The van der Waals surface area contributed by atoms with Crippen molar-refractivity contribution in [3.05, 3.63) is 70.5 Å². The van der Waals surface area contributed by atoms with Crippen LogP contribution in [0.15, 0.2) is 47.6 Å². The first-order chi connectivity index (χ1) is 13.6. The van der Waals surface area contributed by atoms with Gasteiger partial charge in [0.1, 0.15) is 10.7 Å². The van der Waals surface area contributed by atoms with Gasteiger partial charge in [0.25, 0.3) is 0 Å². The summed E-state index contributed by atoms with van der Waals surface area (Å²) in [4.78, 5) is 12.0. The van der Waals surface area contributed by atoms with Crippen LogP contribution in [0.25, 0.3) is 5.69 Å². The Kier molecular flexibility index (Phi) is 5.69. The molecular weight excluding hydrogens is 426 g/mol. The highest BCUT2D eigenvalue weighted by molar-refractivity contribution is 7.89. The van der Waals surface area contributed by atoms with E-state index in [2.05, 4.69) is 10.4 Å². The van der Waals surface area contributed by atoms with Gasteiger partial charge in [0.05, 0.1) is 29.5 Å². The zero-order valence-electron chi connectivity index (χ0n) is 15.0. The lowest BCUT2D eigenvalue weighted by atomic mass is 10.1. The number of aryl methyl sites for hydroxylation is 1. The number of benzene rings is 2. The first-order valence-corrected chi connectivity index (χ1v) is 10.1. The average Bonchev–Trinajstić information content (AvgIpc) is 3.07. The summed E-state index contributed by atoms with van der Waals surface area (Å²) < 4.78 is 52.1. The van der Waals surface area contributed by atoms with Crippen LogP contribution in [0.2, 0.25) is 5.02 Å². The molecule has 7 nitrogen and oxygen atoms in total. The summed E-state index contributed by atoms with van der Waals surface area (Å²) >= 11 is 6.07. The minimum atomic E-state index is -4.22. The lowest BCUT2D eigenvalue weighted by Gasteiger charge is -2.12. The Balaban J connectivity index is 1.90. The summed E-state index contributed by atoms with van der Waals surface area (Å²) in [5.74, 6) is -1.91. The van der Waals surface area contributed by atoms with E-state index in [0.29, 0.717) is 5.56 Å². The normalized spacial score (nSPS) is 11.5. The minimum Gasteiger partial charge on any atom is -0.326 e. The van der Waals surface area contributed by atoms with E-state index in [4.69, 9.17) is 16.7 Å². The van der Waals surface area contributed by atoms with E-state index in [0.717, 1.165) is 23.1 Å². The number of hydrogen-bond donors (Lipinski definition) is 2. The molecule has 0 unspecified atom stereocenters. The highest BCUT2D eigenvalue weighted by Crippen LogP contribution is 2.26. The first-order valence-electron chi connectivity index (χ1n) is 8.17. The number of nitrogens with two attached hydrogens (primary N) is 1. The summed E-state index contributed by atoms with van der Waals surface area (Å²) in [7, 11) is -4.22. The number of halogens is 3. The third kappa shape index (κ3) is 4.61. The molecular formula is C18H15ClF2N4O3S. The van der Waals surface area contributed by atoms with Crippen LogP contribution in [0.3, 0.4) is 0 Å². The monoisotopic (exact) mass is 440 g/mol. The van der Waals surface area contributed by atoms with E-state index in [-0.39, 0.29) is 33.3 Å². The third-order valence-electron chi connectivity index (χ3n) is 4.06. The number of sulfonamides is 1. The number of carbonyl (C=O) groups is 1. The van der Waals surface area contributed by atoms with Crippen molar-refractivity contribution in [2.75, 3.05) is 5.32 Å². The van der Waals surface area contributed by atoms with Crippen molar-refractivity contribution in [2.45, 2.75) is 18.2 Å². The second-order valence-corrected chi connectivity index (χ2v) is 8.12. The predicted molar refractivity (Wildman–Crippen MR) is 103 cm³/mol. The fourth-order valence-electron chi connectivity index (χ4n) is 2.68. The van der Waals surface area contributed by atoms with Crippen molar-refractivity contribution in [3.63, 3.8) is 0 Å². The summed E-state index contributed by atoms with van der Waals surface area (Å²) in [5, 5.41) is 11.6. The number of hydrogen-bond acceptors (Lipinski definition) is 4. The molecule has 1 heterocycles. The van der Waals surface area contributed by atoms with Gasteiger partial charge in [-0.3, -0.25) is 4.79 Å². The molecule has 3 N–H and O–H groups in total. The van der Waals surface area contributed by atoms with Crippen LogP contribution in [0.1, 0.15) is 11.1 Å². The number of primary sulfonamides is 1. The van der Waals surface area contributed by atoms with Gasteiger partial charge >= 0.3 is 0 Å². The summed E-state index contributed by atoms with van der Waals surface area (Å²) in [6.45, 7) is 1.68. The van der Waals surface area contributed by atoms with E-state index >= 15 is 0 Å². The van der Waals surface area contributed by atoms with Gasteiger partial charge in [-0.25, -0.2) is 27.0 Å². The highest BCUT2D eigenvalue weighted by atomic mass is 35.5. The van der Waals surface area contributed by atoms with Gasteiger partial charge in [0.2, 0.25) is 15.9 Å². The molecule has 0 saturated carbocycles. The topological polar surface area (TPSA) is 107 Å². The molecule has 0 radical (unpaired) electrons. The van der Waals surface area contributed by atoms with Gasteiger partial charge in [-0.1, -0.05) is 17.7 Å². The molecule has 3 aromatic rings. The van der Waals surface area contributed by atoms with Gasteiger partial charge in [-0.2, -0.15) is 5.10 Å². The average molecular weight is 441 g/mol. The Bertz CT molecular complexity index is 1210. The maximum atomic E-state index is 14.0. The van der Waals surface area contributed by atoms with Crippen LogP contribution in [0.4, 0.5) is 14.5 Å². The minimum absolute atomic E-state index is 0.00201. The molecule has 3 rings (SSSR count). The van der Waals surface area contributed by atoms with E-state index in [9.17, 15) is 22.0 Å². The van der Waals surface area contributed by atoms with Crippen molar-refractivity contribution in [1.29, 1.82) is 0 Å². The molecule has 0 atom stereocenters. The Morgan fingerprint density at radius 1 is 1.28 bits per heavy atom. The van der Waals surface area contributed by atoms with Crippen LogP contribution < -0.4 is 10.5 Å². The van der Waals surface area contributed by atoms with E-state index in [1.807, 2.05) is 0 Å². The van der Waals surface area contributed by atoms with Crippen LogP contribution in [-0.4, -0.2) is 24.1 Å². The highest BCUT2D eigenvalue weighted by Gasteiger charge is 2.19. The Morgan fingerprint density at radius 3 is 2.62 bits per heavy atom. The van der Waals surface area contributed by atoms with Crippen molar-refractivity contribution < 1.29 is 22.0 Å². The van der Waals surface area contributed by atoms with Crippen molar-refractivity contribution >= 4 is 33.2 Å². The molecule has 1 aromatic heterocycles. The maximum Gasteiger partial charge on any atom is 0.240 e. The lowest BCUT2D eigenvalue weighted by Crippen LogP contribution is -2.18. The number of amides is 1. The van der Waals surface area contributed by atoms with E-state index in [1.54, 1.807) is 6.92 Å². The molecule has 1 amide bonds. The molecule has 2 aromatic carbocycles. The summed E-state index contributed by atoms with van der Waals surface area (Å²) in [6.07, 6.45) is 1.52. The van der Waals surface area contributed by atoms with Crippen LogP contribution >= 0.6 is 11.6 Å². The quantitative estimate of drug-likeness (QED) is 0.636. The van der Waals surface area contributed by atoms with Gasteiger partial charge in [-0.15, -0.1) is 0 Å². The molecule has 0 spiro atoms. The number of nitrogens with zero attached hydrogens (tertiary/aromatic N) is 2. The van der Waals surface area contributed by atoms with Gasteiger partial charge in [-0.05, 0) is 36.8 Å². The lowest BCUT2D eigenvalue weighted by molar-refractivity contribution is -0.115. The molecule has 0 saturated heterocycles. The predicted octanol–water partition coefficient (Wildman–Crippen LogP) is 2.94. The van der Waals surface area contributed by atoms with Crippen molar-refractivity contribution in [3.8, 4) is 5.69 Å². The number of rotatable bonds is 5. The van der Waals surface area contributed by atoms with Crippen LogP contribution in [0, 0.1) is 18.6 Å². The fraction of sp³-hybridized carbons (Fsp3) is 0.111. The second-order valence-electron chi connectivity index (χ2n) is 6.21. The first kappa shape index (κ1) is 20.9. The zero-order chi connectivity index (χ0) is 21.3. The number of anilines is 1. The number of nitrogens with one attached hydrogen (secondary N) is 1. The molecule has 11 heteroatoms. The number of carbonyl (C=O) groups excluding carboxylic acids is 1. The molecule has 0 aliphatic heterocycles. The third-order valence-corrected chi connectivity index (χ3v) is 5.53. The molecule has 0 aliphatic carbocycles. The SMILES string of the molecule is Cc1ccc(F)c(CC(=O)Nc2ccc(-n3cc(F)cn3)c(S(N)(=O)=O)c2)c1Cl. The summed E-state index contributed by atoms with van der Waals surface area (Å²) in [5.41, 5.74) is 0.740. The fourth-order valence-corrected chi connectivity index (χ4v) is 3.65. The number of aromatic nitrogens is 2. The Hall–Kier alpha value is -2.82. The van der Waals surface area contributed by atoms with E-state index < -0.39 is 27.6 Å². The van der Waals surface area contributed by atoms with E-state index in [1.165, 1.54) is 24.3 Å². The van der Waals surface area contributed by atoms with Crippen molar-refractivity contribution in [2.24, 2.45) is 5.14 Å². The zero-order valence-corrected chi connectivity index (χ0v) is 16.6. The maximum absolute atomic E-state index is 14.0. The Labute approximate surface area is 170 Å². The van der Waals surface area contributed by atoms with Crippen LogP contribution in [-0.2, 0) is 21.2 Å². The molecule has 0 fully saturated rings. The smallest absolute Gasteiger partial charge is 0.240 e. The molecule has 0 aliphatic rings.